The van der Waals surface area contributed by atoms with E-state index < -0.39 is 34.9 Å². The summed E-state index contributed by atoms with van der Waals surface area (Å²) in [5.41, 5.74) is 6.24. The minimum atomic E-state index is -0.831. The first-order valence-electron chi connectivity index (χ1n) is 18.0. The number of aliphatic hydroxyl groups excluding tert-OH is 2. The van der Waals surface area contributed by atoms with Crippen LogP contribution in [0.2, 0.25) is 0 Å². The lowest BCUT2D eigenvalue weighted by molar-refractivity contribution is -0.144. The number of rotatable bonds is 4. The Morgan fingerprint density at radius 1 is 1.08 bits per heavy atom. The van der Waals surface area contributed by atoms with Crippen molar-refractivity contribution in [2.75, 3.05) is 7.11 Å². The normalized spacial score (nSPS) is 40.1. The molecule has 2 saturated carbocycles. The van der Waals surface area contributed by atoms with Gasteiger partial charge >= 0.3 is 0 Å². The molecule has 1 aromatic heterocycles. The number of aromatic nitrogens is 1. The van der Waals surface area contributed by atoms with Crippen molar-refractivity contribution >= 4 is 22.3 Å². The molecular formula is C42H53NO5. The van der Waals surface area contributed by atoms with Gasteiger partial charge < -0.3 is 24.3 Å². The Morgan fingerprint density at radius 2 is 1.81 bits per heavy atom. The van der Waals surface area contributed by atoms with E-state index in [9.17, 15) is 15.0 Å². The van der Waals surface area contributed by atoms with Gasteiger partial charge in [0, 0.05) is 33.4 Å². The van der Waals surface area contributed by atoms with Crippen molar-refractivity contribution in [2.45, 2.75) is 122 Å². The lowest BCUT2D eigenvalue weighted by Gasteiger charge is -2.64. The quantitative estimate of drug-likeness (QED) is 0.198. The molecule has 3 heterocycles. The summed E-state index contributed by atoms with van der Waals surface area (Å²) in [5.74, 6) is 0.493. The Kier molecular flexibility index (Phi) is 6.63. The van der Waals surface area contributed by atoms with Crippen molar-refractivity contribution in [3.63, 3.8) is 0 Å². The number of hydrogen-bond acceptors (Lipinski definition) is 5. The molecule has 2 fully saturated rings. The summed E-state index contributed by atoms with van der Waals surface area (Å²) in [6, 6.07) is 1.82. The summed E-state index contributed by atoms with van der Waals surface area (Å²) in [6.45, 7) is 21.9. The zero-order valence-electron chi connectivity index (χ0n) is 30.2. The van der Waals surface area contributed by atoms with Crippen LogP contribution < -0.4 is 0 Å². The van der Waals surface area contributed by atoms with Crippen LogP contribution in [0.15, 0.2) is 48.8 Å². The SMILES string of the molecule is C=C(C)[C@H]1C(=O)c2c3c(cc4c5c(n1c24)[C@@]1(C)[C@@H](CC[C@H]2[C@](C)(/C=C/C=C/OC)[C@@H](O)CC[C@@]21C)C5)C1=CC(C)(C)OC(C)(C)[C@H]1[C@@H]3O. The predicted molar refractivity (Wildman–Crippen MR) is 190 cm³/mol. The first-order chi connectivity index (χ1) is 22.4. The van der Waals surface area contributed by atoms with Crippen molar-refractivity contribution in [1.29, 1.82) is 0 Å². The van der Waals surface area contributed by atoms with Crippen molar-refractivity contribution in [3.8, 4) is 0 Å². The molecule has 9 atom stereocenters. The highest BCUT2D eigenvalue weighted by Gasteiger charge is 2.67. The number of benzene rings is 1. The van der Waals surface area contributed by atoms with Crippen LogP contribution >= 0.6 is 0 Å². The van der Waals surface area contributed by atoms with Crippen LogP contribution in [0.1, 0.15) is 126 Å². The van der Waals surface area contributed by atoms with E-state index in [1.807, 2.05) is 19.1 Å². The third-order valence-electron chi connectivity index (χ3n) is 14.4. The second kappa shape index (κ2) is 9.86. The molecule has 0 bridgehead atoms. The Bertz CT molecular complexity index is 1890. The predicted octanol–water partition coefficient (Wildman–Crippen LogP) is 8.31. The number of hydrogen-bond donors (Lipinski definition) is 2. The van der Waals surface area contributed by atoms with Crippen molar-refractivity contribution in [1.82, 2.24) is 4.57 Å². The first-order valence-corrected chi connectivity index (χ1v) is 18.0. The van der Waals surface area contributed by atoms with E-state index in [1.54, 1.807) is 13.4 Å². The molecule has 1 aromatic carbocycles. The fourth-order valence-corrected chi connectivity index (χ4v) is 12.5. The summed E-state index contributed by atoms with van der Waals surface area (Å²) in [4.78, 5) is 14.8. The number of fused-ring (bicyclic) bond motifs is 11. The standard InChI is InChI=1S/C42H53NO5/c1-22(2)33-36(46)31-30-24(27-21-38(3,4)48-39(5,6)32(27)35(30)45)20-25-26-19-23-13-14-28-40(7,16-11-12-18-47-10)29(44)15-17-41(28,8)42(23,9)37(26)43(33)34(25)31/h11-12,16,18,20-21,23,28-29,32-33,35,44-45H,1,13-15,17,19H2,2-10H3/b16-11+,18-12+/t23-,28-,29-,32+,33-,35+,40-,41-,42+/m0/s1. The molecule has 6 nitrogen and oxygen atoms in total. The van der Waals surface area contributed by atoms with Crippen molar-refractivity contribution < 1.29 is 24.5 Å². The average molecular weight is 652 g/mol. The second-order valence-electron chi connectivity index (χ2n) is 17.7. The molecule has 0 amide bonds. The van der Waals surface area contributed by atoms with Gasteiger partial charge in [0.05, 0.1) is 47.9 Å². The van der Waals surface area contributed by atoms with Crippen LogP contribution in [-0.4, -0.2) is 45.0 Å². The number of allylic oxidation sites excluding steroid dienone is 3. The number of aliphatic hydroxyl groups is 2. The van der Waals surface area contributed by atoms with E-state index in [-0.39, 0.29) is 28.4 Å². The summed E-state index contributed by atoms with van der Waals surface area (Å²) in [6.07, 6.45) is 13.5. The molecule has 48 heavy (non-hydrogen) atoms. The zero-order valence-corrected chi connectivity index (χ0v) is 30.2. The summed E-state index contributed by atoms with van der Waals surface area (Å²) >= 11 is 0. The van der Waals surface area contributed by atoms with Gasteiger partial charge in [-0.15, -0.1) is 0 Å². The van der Waals surface area contributed by atoms with Gasteiger partial charge in [0.15, 0.2) is 5.78 Å². The van der Waals surface area contributed by atoms with Gasteiger partial charge in [0.2, 0.25) is 0 Å². The fraction of sp³-hybridized carbons (Fsp3) is 0.595. The highest BCUT2D eigenvalue weighted by molar-refractivity contribution is 6.18. The van der Waals surface area contributed by atoms with Gasteiger partial charge in [-0.25, -0.2) is 0 Å². The fourth-order valence-electron chi connectivity index (χ4n) is 12.5. The Balaban J connectivity index is 1.38. The molecule has 0 saturated heterocycles. The maximum Gasteiger partial charge on any atom is 0.192 e. The number of ether oxygens (including phenoxy) is 2. The van der Waals surface area contributed by atoms with E-state index in [0.29, 0.717) is 11.5 Å². The summed E-state index contributed by atoms with van der Waals surface area (Å²) < 4.78 is 14.1. The van der Waals surface area contributed by atoms with Gasteiger partial charge in [-0.1, -0.05) is 45.1 Å². The topological polar surface area (TPSA) is 80.9 Å². The van der Waals surface area contributed by atoms with E-state index in [0.717, 1.165) is 59.9 Å². The van der Waals surface area contributed by atoms with Gasteiger partial charge in [-0.3, -0.25) is 4.79 Å². The number of carbonyl (C=O) groups is 1. The van der Waals surface area contributed by atoms with Gasteiger partial charge in [-0.05, 0) is 119 Å². The van der Waals surface area contributed by atoms with Gasteiger partial charge in [0.25, 0.3) is 0 Å². The summed E-state index contributed by atoms with van der Waals surface area (Å²) in [7, 11) is 1.65. The molecule has 2 aromatic rings. The van der Waals surface area contributed by atoms with Crippen molar-refractivity contribution in [2.24, 2.45) is 28.6 Å². The number of nitrogens with zero attached hydrogens (tertiary/aromatic N) is 1. The highest BCUT2D eigenvalue weighted by Crippen LogP contribution is 2.71. The molecule has 6 heteroatoms. The van der Waals surface area contributed by atoms with E-state index in [4.69, 9.17) is 9.47 Å². The molecule has 0 unspecified atom stereocenters. The number of Topliss-reactive ketones (excluding diaryl/α,β-unsaturated/α-hetero) is 1. The minimum Gasteiger partial charge on any atom is -0.504 e. The van der Waals surface area contributed by atoms with E-state index >= 15 is 0 Å². The minimum absolute atomic E-state index is 0.0553. The smallest absolute Gasteiger partial charge is 0.192 e. The Labute approximate surface area is 285 Å². The van der Waals surface area contributed by atoms with Crippen LogP contribution in [-0.2, 0) is 21.3 Å². The Hall–Kier alpha value is -2.93. The highest BCUT2D eigenvalue weighted by atomic mass is 16.5. The average Bonchev–Trinajstić information content (AvgIpc) is 3.66. The van der Waals surface area contributed by atoms with Gasteiger partial charge in [0.1, 0.15) is 6.04 Å². The van der Waals surface area contributed by atoms with Crippen LogP contribution in [0.25, 0.3) is 16.5 Å². The number of carbonyl (C=O) groups excluding carboxylic acids is 1. The Morgan fingerprint density at radius 3 is 2.50 bits per heavy atom. The maximum atomic E-state index is 14.8. The number of ketones is 1. The molecule has 6 aliphatic rings. The molecule has 2 N–H and O–H groups in total. The molecule has 0 spiro atoms. The number of methoxy groups -OCH3 is 1. The summed E-state index contributed by atoms with van der Waals surface area (Å²) in [5, 5.41) is 24.9. The molecule has 4 aliphatic carbocycles. The monoisotopic (exact) mass is 651 g/mol. The molecule has 256 valence electrons. The van der Waals surface area contributed by atoms with Gasteiger partial charge in [-0.2, -0.15) is 0 Å². The lowest BCUT2D eigenvalue weighted by atomic mass is 9.40. The molecule has 8 rings (SSSR count). The van der Waals surface area contributed by atoms with Crippen LogP contribution in [0.3, 0.4) is 0 Å². The van der Waals surface area contributed by atoms with Crippen LogP contribution in [0.4, 0.5) is 0 Å². The van der Waals surface area contributed by atoms with Crippen LogP contribution in [0, 0.1) is 28.6 Å². The lowest BCUT2D eigenvalue weighted by Crippen LogP contribution is -2.62. The zero-order chi connectivity index (χ0) is 34.5. The van der Waals surface area contributed by atoms with E-state index in [2.05, 4.69) is 77.8 Å². The molecule has 0 radical (unpaired) electrons. The third kappa shape index (κ3) is 3.72. The largest absolute Gasteiger partial charge is 0.504 e. The molecule has 2 aliphatic heterocycles. The molecular weight excluding hydrogens is 598 g/mol. The third-order valence-corrected chi connectivity index (χ3v) is 14.4. The first kappa shape index (κ1) is 32.3. The second-order valence-corrected chi connectivity index (χ2v) is 17.7. The van der Waals surface area contributed by atoms with E-state index in [1.165, 1.54) is 16.6 Å². The van der Waals surface area contributed by atoms with Crippen molar-refractivity contribution in [3.05, 3.63) is 76.7 Å². The van der Waals surface area contributed by atoms with Crippen LogP contribution in [0.5, 0.6) is 0 Å². The maximum absolute atomic E-state index is 14.8.